The zero-order valence-corrected chi connectivity index (χ0v) is 16.4. The van der Waals surface area contributed by atoms with E-state index in [1.165, 1.54) is 31.4 Å². The van der Waals surface area contributed by atoms with E-state index in [0.29, 0.717) is 19.6 Å². The SMILES string of the molecule is COc1ccc(S(=O)(=O)NC2CCOC2)cc1C(=O)Nc1cc(F)cc(Cl)c1. The summed E-state index contributed by atoms with van der Waals surface area (Å²) in [4.78, 5) is 12.6. The Labute approximate surface area is 166 Å². The average Bonchev–Trinajstić information content (AvgIpc) is 3.12. The van der Waals surface area contributed by atoms with Crippen LogP contribution in [0, 0.1) is 5.82 Å². The molecule has 0 saturated carbocycles. The summed E-state index contributed by atoms with van der Waals surface area (Å²) < 4.78 is 51.6. The third-order valence-corrected chi connectivity index (χ3v) is 5.83. The van der Waals surface area contributed by atoms with Crippen LogP contribution in [-0.4, -0.2) is 40.7 Å². The van der Waals surface area contributed by atoms with Crippen LogP contribution < -0.4 is 14.8 Å². The lowest BCUT2D eigenvalue weighted by molar-refractivity contribution is 0.102. The van der Waals surface area contributed by atoms with Crippen LogP contribution in [0.15, 0.2) is 41.3 Å². The second kappa shape index (κ2) is 8.44. The van der Waals surface area contributed by atoms with Crippen molar-refractivity contribution >= 4 is 33.2 Å². The zero-order chi connectivity index (χ0) is 20.3. The predicted molar refractivity (Wildman–Crippen MR) is 102 cm³/mol. The first-order valence-electron chi connectivity index (χ1n) is 8.34. The highest BCUT2D eigenvalue weighted by atomic mass is 35.5. The molecule has 7 nitrogen and oxygen atoms in total. The van der Waals surface area contributed by atoms with Gasteiger partial charge in [0, 0.05) is 23.4 Å². The van der Waals surface area contributed by atoms with Crippen LogP contribution in [0.3, 0.4) is 0 Å². The summed E-state index contributed by atoms with van der Waals surface area (Å²) >= 11 is 5.79. The number of methoxy groups -OCH3 is 1. The molecule has 28 heavy (non-hydrogen) atoms. The van der Waals surface area contributed by atoms with E-state index in [9.17, 15) is 17.6 Å². The Balaban J connectivity index is 1.88. The van der Waals surface area contributed by atoms with E-state index in [4.69, 9.17) is 21.1 Å². The predicted octanol–water partition coefficient (Wildman–Crippen LogP) is 2.81. The van der Waals surface area contributed by atoms with Gasteiger partial charge < -0.3 is 14.8 Å². The van der Waals surface area contributed by atoms with E-state index in [0.717, 1.165) is 12.1 Å². The van der Waals surface area contributed by atoms with E-state index in [-0.39, 0.29) is 33.0 Å². The Morgan fingerprint density at radius 2 is 2.07 bits per heavy atom. The molecule has 1 aliphatic heterocycles. The first-order chi connectivity index (χ1) is 13.3. The molecule has 2 aromatic carbocycles. The molecule has 3 rings (SSSR count). The summed E-state index contributed by atoms with van der Waals surface area (Å²) in [6.07, 6.45) is 0.572. The van der Waals surface area contributed by atoms with Gasteiger partial charge in [0.1, 0.15) is 11.6 Å². The average molecular weight is 429 g/mol. The van der Waals surface area contributed by atoms with E-state index in [2.05, 4.69) is 10.0 Å². The molecule has 10 heteroatoms. The van der Waals surface area contributed by atoms with Crippen LogP contribution in [0.1, 0.15) is 16.8 Å². The third-order valence-electron chi connectivity index (χ3n) is 4.10. The van der Waals surface area contributed by atoms with Crippen molar-refractivity contribution in [3.63, 3.8) is 0 Å². The van der Waals surface area contributed by atoms with Crippen LogP contribution >= 0.6 is 11.6 Å². The summed E-state index contributed by atoms with van der Waals surface area (Å²) in [6.45, 7) is 0.780. The maximum Gasteiger partial charge on any atom is 0.259 e. The molecular weight excluding hydrogens is 411 g/mol. The molecule has 1 atom stereocenters. The Kier molecular flexibility index (Phi) is 6.19. The fourth-order valence-electron chi connectivity index (χ4n) is 2.77. The van der Waals surface area contributed by atoms with Crippen molar-refractivity contribution in [2.24, 2.45) is 0 Å². The number of sulfonamides is 1. The molecule has 2 aromatic rings. The highest BCUT2D eigenvalue weighted by Crippen LogP contribution is 2.25. The largest absolute Gasteiger partial charge is 0.496 e. The molecule has 0 spiro atoms. The Hall–Kier alpha value is -2.20. The van der Waals surface area contributed by atoms with Gasteiger partial charge in [0.05, 0.1) is 24.2 Å². The third kappa shape index (κ3) is 4.79. The Bertz CT molecular complexity index is 973. The number of benzene rings is 2. The van der Waals surface area contributed by atoms with Gasteiger partial charge in [-0.05, 0) is 42.8 Å². The standard InChI is InChI=1S/C18H18ClFN2O5S/c1-26-17-3-2-15(28(24,25)22-13-4-5-27-10-13)9-16(17)18(23)21-14-7-11(19)6-12(20)8-14/h2-3,6-9,13,22H,4-5,10H2,1H3,(H,21,23). The van der Waals surface area contributed by atoms with Gasteiger partial charge >= 0.3 is 0 Å². The minimum absolute atomic E-state index is 0.0200. The number of nitrogens with one attached hydrogen (secondary N) is 2. The molecular formula is C18H18ClFN2O5S. The molecule has 150 valence electrons. The number of hydrogen-bond acceptors (Lipinski definition) is 5. The van der Waals surface area contributed by atoms with Crippen LogP contribution in [0.5, 0.6) is 5.75 Å². The van der Waals surface area contributed by atoms with Crippen LogP contribution in [0.25, 0.3) is 0 Å². The van der Waals surface area contributed by atoms with Gasteiger partial charge in [-0.2, -0.15) is 0 Å². The van der Waals surface area contributed by atoms with Crippen molar-refractivity contribution in [1.82, 2.24) is 4.72 Å². The van der Waals surface area contributed by atoms with Crippen molar-refractivity contribution in [2.75, 3.05) is 25.6 Å². The zero-order valence-electron chi connectivity index (χ0n) is 14.9. The fourth-order valence-corrected chi connectivity index (χ4v) is 4.27. The number of amides is 1. The maximum atomic E-state index is 13.5. The topological polar surface area (TPSA) is 93.7 Å². The smallest absolute Gasteiger partial charge is 0.259 e. The van der Waals surface area contributed by atoms with Crippen LogP contribution in [-0.2, 0) is 14.8 Å². The van der Waals surface area contributed by atoms with Gasteiger partial charge in [-0.1, -0.05) is 11.6 Å². The monoisotopic (exact) mass is 428 g/mol. The number of carbonyl (C=O) groups excluding carboxylic acids is 1. The normalized spacial score (nSPS) is 16.8. The molecule has 0 aliphatic carbocycles. The van der Waals surface area contributed by atoms with Crippen molar-refractivity contribution in [1.29, 1.82) is 0 Å². The number of halogens is 2. The molecule has 1 heterocycles. The summed E-state index contributed by atoms with van der Waals surface area (Å²) in [5, 5.41) is 2.60. The fraction of sp³-hybridized carbons (Fsp3) is 0.278. The molecule has 0 radical (unpaired) electrons. The molecule has 1 saturated heterocycles. The number of ether oxygens (including phenoxy) is 2. The lowest BCUT2D eigenvalue weighted by Crippen LogP contribution is -2.35. The van der Waals surface area contributed by atoms with Crippen molar-refractivity contribution in [3.05, 3.63) is 52.8 Å². The molecule has 0 bridgehead atoms. The Morgan fingerprint density at radius 1 is 1.29 bits per heavy atom. The van der Waals surface area contributed by atoms with Crippen molar-refractivity contribution in [2.45, 2.75) is 17.4 Å². The highest BCUT2D eigenvalue weighted by Gasteiger charge is 2.25. The number of anilines is 1. The van der Waals surface area contributed by atoms with Crippen molar-refractivity contribution in [3.8, 4) is 5.75 Å². The van der Waals surface area contributed by atoms with Gasteiger partial charge in [0.15, 0.2) is 0 Å². The van der Waals surface area contributed by atoms with Gasteiger partial charge in [-0.3, -0.25) is 4.79 Å². The summed E-state index contributed by atoms with van der Waals surface area (Å²) in [5.74, 6) is -1.11. The van der Waals surface area contributed by atoms with Crippen molar-refractivity contribution < 1.29 is 27.1 Å². The summed E-state index contributed by atoms with van der Waals surface area (Å²) in [7, 11) is -2.50. The Morgan fingerprint density at radius 3 is 2.71 bits per heavy atom. The first kappa shape index (κ1) is 20.5. The van der Waals surface area contributed by atoms with Gasteiger partial charge in [0.25, 0.3) is 5.91 Å². The number of rotatable bonds is 6. The first-order valence-corrected chi connectivity index (χ1v) is 10.2. The summed E-state index contributed by atoms with van der Waals surface area (Å²) in [6, 6.07) is 7.17. The number of carbonyl (C=O) groups is 1. The van der Waals surface area contributed by atoms with Crippen LogP contribution in [0.4, 0.5) is 10.1 Å². The second-order valence-corrected chi connectivity index (χ2v) is 8.31. The van der Waals surface area contributed by atoms with Gasteiger partial charge in [0.2, 0.25) is 10.0 Å². The lowest BCUT2D eigenvalue weighted by Gasteiger charge is -2.14. The lowest BCUT2D eigenvalue weighted by atomic mass is 10.2. The molecule has 1 aliphatic rings. The second-order valence-electron chi connectivity index (χ2n) is 6.16. The van der Waals surface area contributed by atoms with E-state index >= 15 is 0 Å². The quantitative estimate of drug-likeness (QED) is 0.737. The van der Waals surface area contributed by atoms with Gasteiger partial charge in [-0.25, -0.2) is 17.5 Å². The maximum absolute atomic E-state index is 13.5. The van der Waals surface area contributed by atoms with Gasteiger partial charge in [-0.15, -0.1) is 0 Å². The highest BCUT2D eigenvalue weighted by molar-refractivity contribution is 7.89. The minimum atomic E-state index is -3.86. The van der Waals surface area contributed by atoms with Crippen LogP contribution in [0.2, 0.25) is 5.02 Å². The number of hydrogen-bond donors (Lipinski definition) is 2. The van der Waals surface area contributed by atoms with E-state index in [1.807, 2.05) is 0 Å². The minimum Gasteiger partial charge on any atom is -0.496 e. The molecule has 0 aromatic heterocycles. The van der Waals surface area contributed by atoms with E-state index in [1.54, 1.807) is 0 Å². The molecule has 1 amide bonds. The molecule has 1 unspecified atom stereocenters. The summed E-state index contributed by atoms with van der Waals surface area (Å²) in [5.41, 5.74) is 0.111. The van der Waals surface area contributed by atoms with E-state index < -0.39 is 21.7 Å². The molecule has 2 N–H and O–H groups in total. The molecule has 1 fully saturated rings.